The number of rotatable bonds is 4. The van der Waals surface area contributed by atoms with Crippen LogP contribution in [0.4, 0.5) is 0 Å². The smallest absolute Gasteiger partial charge is 0.216 e. The van der Waals surface area contributed by atoms with E-state index < -0.39 is 15.8 Å². The van der Waals surface area contributed by atoms with E-state index in [1.807, 2.05) is 0 Å². The summed E-state index contributed by atoms with van der Waals surface area (Å²) >= 11 is 0. The molecule has 0 aromatic heterocycles. The zero-order valence-electron chi connectivity index (χ0n) is 10.1. The molecule has 0 aromatic rings. The molecule has 0 aliphatic carbocycles. The van der Waals surface area contributed by atoms with E-state index in [1.54, 1.807) is 0 Å². The monoisotopic (exact) mass is 265 g/mol. The van der Waals surface area contributed by atoms with Crippen LogP contribution in [0.1, 0.15) is 12.8 Å². The van der Waals surface area contributed by atoms with Gasteiger partial charge in [0.05, 0.1) is 32.1 Å². The van der Waals surface area contributed by atoms with Gasteiger partial charge in [0, 0.05) is 20.1 Å². The summed E-state index contributed by atoms with van der Waals surface area (Å²) in [6.45, 7) is 2.16. The van der Waals surface area contributed by atoms with Gasteiger partial charge in [-0.05, 0) is 6.42 Å². The number of methoxy groups -OCH3 is 1. The maximum Gasteiger partial charge on any atom is 0.216 e. The van der Waals surface area contributed by atoms with Crippen molar-refractivity contribution in [3.63, 3.8) is 0 Å². The molecule has 1 spiro atoms. The van der Waals surface area contributed by atoms with E-state index in [-0.39, 0.29) is 12.4 Å². The molecule has 6 nitrogen and oxygen atoms in total. The van der Waals surface area contributed by atoms with Crippen LogP contribution in [0.2, 0.25) is 0 Å². The van der Waals surface area contributed by atoms with E-state index in [1.165, 1.54) is 11.4 Å². The Hall–Kier alpha value is -0.210. The van der Waals surface area contributed by atoms with Crippen molar-refractivity contribution >= 4 is 10.0 Å². The van der Waals surface area contributed by atoms with E-state index in [2.05, 4.69) is 0 Å². The van der Waals surface area contributed by atoms with Crippen LogP contribution in [-0.2, 0) is 24.2 Å². The third-order valence-electron chi connectivity index (χ3n) is 3.13. The van der Waals surface area contributed by atoms with E-state index in [0.717, 1.165) is 12.8 Å². The van der Waals surface area contributed by atoms with Gasteiger partial charge in [0.25, 0.3) is 0 Å². The lowest BCUT2D eigenvalue weighted by Gasteiger charge is -2.37. The Balaban J connectivity index is 2.01. The van der Waals surface area contributed by atoms with Crippen molar-refractivity contribution in [2.45, 2.75) is 18.6 Å². The van der Waals surface area contributed by atoms with Gasteiger partial charge in [0.1, 0.15) is 0 Å². The highest BCUT2D eigenvalue weighted by atomic mass is 32.2. The molecule has 2 fully saturated rings. The molecule has 100 valence electrons. The van der Waals surface area contributed by atoms with E-state index >= 15 is 0 Å². The third-order valence-corrected chi connectivity index (χ3v) is 4.92. The fraction of sp³-hybridized carbons (Fsp3) is 1.00. The zero-order chi connectivity index (χ0) is 12.4. The van der Waals surface area contributed by atoms with Crippen molar-refractivity contribution < 1.29 is 22.6 Å². The lowest BCUT2D eigenvalue weighted by atomic mass is 10.1. The summed E-state index contributed by atoms with van der Waals surface area (Å²) in [5.74, 6) is -0.683. The van der Waals surface area contributed by atoms with Crippen LogP contribution in [0.5, 0.6) is 0 Å². The van der Waals surface area contributed by atoms with Gasteiger partial charge in [0.2, 0.25) is 10.0 Å². The molecule has 0 bridgehead atoms. The van der Waals surface area contributed by atoms with Crippen molar-refractivity contribution in [2.75, 3.05) is 45.8 Å². The summed E-state index contributed by atoms with van der Waals surface area (Å²) in [7, 11) is -1.76. The van der Waals surface area contributed by atoms with Crippen molar-refractivity contribution in [2.24, 2.45) is 0 Å². The van der Waals surface area contributed by atoms with E-state index in [0.29, 0.717) is 26.3 Å². The van der Waals surface area contributed by atoms with Crippen LogP contribution in [0.25, 0.3) is 0 Å². The van der Waals surface area contributed by atoms with Gasteiger partial charge in [-0.2, -0.15) is 4.31 Å². The summed E-state index contributed by atoms with van der Waals surface area (Å²) < 4.78 is 41.4. The maximum atomic E-state index is 12.0. The second-order valence-electron chi connectivity index (χ2n) is 4.35. The summed E-state index contributed by atoms with van der Waals surface area (Å²) in [5, 5.41) is 0. The van der Waals surface area contributed by atoms with Crippen molar-refractivity contribution in [1.29, 1.82) is 0 Å². The summed E-state index contributed by atoms with van der Waals surface area (Å²) in [5.41, 5.74) is 0. The van der Waals surface area contributed by atoms with Gasteiger partial charge >= 0.3 is 0 Å². The van der Waals surface area contributed by atoms with Crippen LogP contribution in [0, 0.1) is 0 Å². The maximum absolute atomic E-state index is 12.0. The van der Waals surface area contributed by atoms with Crippen LogP contribution in [0.15, 0.2) is 0 Å². The average Bonchev–Trinajstić information content (AvgIpc) is 2.75. The van der Waals surface area contributed by atoms with Crippen LogP contribution in [-0.4, -0.2) is 64.3 Å². The SMILES string of the molecule is COCCS(=O)(=O)N1CCCC2(C1)OCCO2. The number of hydrogen-bond donors (Lipinski definition) is 0. The predicted octanol–water partition coefficient (Wildman–Crippen LogP) is -0.198. The number of ether oxygens (including phenoxy) is 3. The second kappa shape index (κ2) is 5.19. The molecule has 0 N–H and O–H groups in total. The van der Waals surface area contributed by atoms with Gasteiger partial charge < -0.3 is 14.2 Å². The highest BCUT2D eigenvalue weighted by Crippen LogP contribution is 2.31. The normalized spacial score (nSPS) is 25.5. The molecule has 17 heavy (non-hydrogen) atoms. The molecule has 0 aromatic carbocycles. The summed E-state index contributed by atoms with van der Waals surface area (Å²) in [4.78, 5) is 0. The van der Waals surface area contributed by atoms with Crippen LogP contribution < -0.4 is 0 Å². The first-order valence-electron chi connectivity index (χ1n) is 5.83. The molecule has 2 heterocycles. The molecular formula is C10H19NO5S. The Bertz CT molecular complexity index is 350. The fourth-order valence-electron chi connectivity index (χ4n) is 2.24. The lowest BCUT2D eigenvalue weighted by molar-refractivity contribution is -0.179. The lowest BCUT2D eigenvalue weighted by Crippen LogP contribution is -2.51. The molecule has 0 radical (unpaired) electrons. The van der Waals surface area contributed by atoms with E-state index in [9.17, 15) is 8.42 Å². The van der Waals surface area contributed by atoms with Gasteiger partial charge in [-0.25, -0.2) is 8.42 Å². The molecule has 0 unspecified atom stereocenters. The molecule has 0 atom stereocenters. The van der Waals surface area contributed by atoms with Gasteiger partial charge in [-0.15, -0.1) is 0 Å². The summed E-state index contributed by atoms with van der Waals surface area (Å²) in [6.07, 6.45) is 1.54. The molecule has 2 rings (SSSR count). The van der Waals surface area contributed by atoms with Crippen molar-refractivity contribution in [3.05, 3.63) is 0 Å². The topological polar surface area (TPSA) is 65.1 Å². The molecule has 0 amide bonds. The number of nitrogens with zero attached hydrogens (tertiary/aromatic N) is 1. The summed E-state index contributed by atoms with van der Waals surface area (Å²) in [6, 6.07) is 0. The van der Waals surface area contributed by atoms with Crippen LogP contribution in [0.3, 0.4) is 0 Å². The molecule has 2 aliphatic rings. The van der Waals surface area contributed by atoms with Crippen LogP contribution >= 0.6 is 0 Å². The molecule has 2 aliphatic heterocycles. The van der Waals surface area contributed by atoms with Crippen molar-refractivity contribution in [1.82, 2.24) is 4.31 Å². The van der Waals surface area contributed by atoms with Gasteiger partial charge in [-0.3, -0.25) is 0 Å². The van der Waals surface area contributed by atoms with Gasteiger partial charge in [-0.1, -0.05) is 0 Å². The number of piperidine rings is 1. The Labute approximate surface area is 102 Å². The second-order valence-corrected chi connectivity index (χ2v) is 6.44. The highest BCUT2D eigenvalue weighted by molar-refractivity contribution is 7.89. The molecule has 0 saturated carbocycles. The molecule has 2 saturated heterocycles. The standard InChI is InChI=1S/C10H19NO5S/c1-14-7-8-17(12,13)11-4-2-3-10(9-11)15-5-6-16-10/h2-9H2,1H3. The Morgan fingerprint density at radius 2 is 2.06 bits per heavy atom. The first-order valence-corrected chi connectivity index (χ1v) is 7.44. The Morgan fingerprint density at radius 1 is 1.35 bits per heavy atom. The average molecular weight is 265 g/mol. The number of sulfonamides is 1. The molecular weight excluding hydrogens is 246 g/mol. The Kier molecular flexibility index (Phi) is 4.04. The largest absolute Gasteiger partial charge is 0.384 e. The van der Waals surface area contributed by atoms with Gasteiger partial charge in [0.15, 0.2) is 5.79 Å². The third kappa shape index (κ3) is 2.97. The minimum Gasteiger partial charge on any atom is -0.384 e. The zero-order valence-corrected chi connectivity index (χ0v) is 10.9. The first-order chi connectivity index (χ1) is 8.08. The fourth-order valence-corrected chi connectivity index (χ4v) is 3.68. The molecule has 7 heteroatoms. The minimum atomic E-state index is -3.26. The highest BCUT2D eigenvalue weighted by Gasteiger charge is 2.43. The Morgan fingerprint density at radius 3 is 2.71 bits per heavy atom. The quantitative estimate of drug-likeness (QED) is 0.704. The minimum absolute atomic E-state index is 0.0135. The predicted molar refractivity (Wildman–Crippen MR) is 61.1 cm³/mol. The van der Waals surface area contributed by atoms with Crippen molar-refractivity contribution in [3.8, 4) is 0 Å². The first kappa shape index (κ1) is 13.2. The van der Waals surface area contributed by atoms with E-state index in [4.69, 9.17) is 14.2 Å². The number of hydrogen-bond acceptors (Lipinski definition) is 5.